The monoisotopic (exact) mass is 437 g/mol. The van der Waals surface area contributed by atoms with Crippen molar-refractivity contribution in [3.63, 3.8) is 0 Å². The molecule has 1 aromatic carbocycles. The van der Waals surface area contributed by atoms with Gasteiger partial charge in [-0.15, -0.1) is 21.5 Å². The molecule has 0 atom stereocenters. The Bertz CT molecular complexity index is 1100. The molecule has 152 valence electrons. The largest absolute Gasteiger partial charge is 0.497 e. The van der Waals surface area contributed by atoms with Gasteiger partial charge in [-0.05, 0) is 47.8 Å². The highest BCUT2D eigenvalue weighted by Gasteiger charge is 2.17. The summed E-state index contributed by atoms with van der Waals surface area (Å²) in [5.74, 6) is 1.64. The summed E-state index contributed by atoms with van der Waals surface area (Å²) in [6.45, 7) is 0.532. The molecular weight excluding hydrogens is 418 g/mol. The topological polar surface area (TPSA) is 81.9 Å². The number of nitrogens with zero attached hydrogens (tertiary/aromatic N) is 4. The second kappa shape index (κ2) is 9.55. The SMILES string of the molecule is COc1ccc(-n2c(SCC(=O)NCc3cccs3)nnc2-c2ccncc2)cc1. The molecular formula is C21H19N5O2S2. The summed E-state index contributed by atoms with van der Waals surface area (Å²) in [4.78, 5) is 17.5. The van der Waals surface area contributed by atoms with Gasteiger partial charge in [-0.2, -0.15) is 0 Å². The van der Waals surface area contributed by atoms with Crippen LogP contribution in [0.2, 0.25) is 0 Å². The lowest BCUT2D eigenvalue weighted by molar-refractivity contribution is -0.118. The molecule has 1 N–H and O–H groups in total. The van der Waals surface area contributed by atoms with Gasteiger partial charge in [-0.25, -0.2) is 0 Å². The number of carbonyl (C=O) groups excluding carboxylic acids is 1. The van der Waals surface area contributed by atoms with E-state index >= 15 is 0 Å². The number of rotatable bonds is 8. The highest BCUT2D eigenvalue weighted by molar-refractivity contribution is 7.99. The summed E-state index contributed by atoms with van der Waals surface area (Å²) in [6, 6.07) is 15.4. The third kappa shape index (κ3) is 4.69. The molecule has 0 aliphatic rings. The van der Waals surface area contributed by atoms with Crippen LogP contribution in [0.4, 0.5) is 0 Å². The molecule has 9 heteroatoms. The van der Waals surface area contributed by atoms with Crippen molar-refractivity contribution in [2.75, 3.05) is 12.9 Å². The van der Waals surface area contributed by atoms with Gasteiger partial charge < -0.3 is 10.1 Å². The Kier molecular flexibility index (Phi) is 6.41. The van der Waals surface area contributed by atoms with Crippen molar-refractivity contribution in [3.05, 3.63) is 71.2 Å². The summed E-state index contributed by atoms with van der Waals surface area (Å²) < 4.78 is 7.20. The van der Waals surface area contributed by atoms with Crippen molar-refractivity contribution in [2.45, 2.75) is 11.7 Å². The molecule has 4 aromatic rings. The van der Waals surface area contributed by atoms with Gasteiger partial charge in [-0.3, -0.25) is 14.3 Å². The fourth-order valence-corrected chi connectivity index (χ4v) is 4.22. The van der Waals surface area contributed by atoms with Crippen LogP contribution in [0.3, 0.4) is 0 Å². The maximum atomic E-state index is 12.3. The van der Waals surface area contributed by atoms with Crippen LogP contribution in [0.5, 0.6) is 5.75 Å². The number of thioether (sulfide) groups is 1. The maximum absolute atomic E-state index is 12.3. The van der Waals surface area contributed by atoms with Gasteiger partial charge in [-0.1, -0.05) is 17.8 Å². The number of ether oxygens (including phenoxy) is 1. The Hall–Kier alpha value is -3.17. The number of amides is 1. The van der Waals surface area contributed by atoms with Crippen molar-refractivity contribution in [3.8, 4) is 22.8 Å². The first-order valence-corrected chi connectivity index (χ1v) is 11.0. The van der Waals surface area contributed by atoms with E-state index in [9.17, 15) is 4.79 Å². The smallest absolute Gasteiger partial charge is 0.230 e. The lowest BCUT2D eigenvalue weighted by Crippen LogP contribution is -2.24. The normalized spacial score (nSPS) is 10.7. The third-order valence-corrected chi connectivity index (χ3v) is 6.08. The van der Waals surface area contributed by atoms with E-state index in [4.69, 9.17) is 4.74 Å². The van der Waals surface area contributed by atoms with Gasteiger partial charge in [0.15, 0.2) is 11.0 Å². The zero-order valence-corrected chi connectivity index (χ0v) is 17.8. The fourth-order valence-electron chi connectivity index (χ4n) is 2.80. The van der Waals surface area contributed by atoms with Crippen LogP contribution in [-0.2, 0) is 11.3 Å². The molecule has 0 aliphatic heterocycles. The molecule has 30 heavy (non-hydrogen) atoms. The first kappa shape index (κ1) is 20.1. The highest BCUT2D eigenvalue weighted by atomic mass is 32.2. The van der Waals surface area contributed by atoms with E-state index in [2.05, 4.69) is 20.5 Å². The van der Waals surface area contributed by atoms with E-state index in [1.807, 2.05) is 58.5 Å². The second-order valence-corrected chi connectivity index (χ2v) is 8.20. The number of nitrogens with one attached hydrogen (secondary N) is 1. The van der Waals surface area contributed by atoms with E-state index in [0.29, 0.717) is 17.5 Å². The van der Waals surface area contributed by atoms with Crippen molar-refractivity contribution < 1.29 is 9.53 Å². The predicted molar refractivity (Wildman–Crippen MR) is 118 cm³/mol. The summed E-state index contributed by atoms with van der Waals surface area (Å²) in [7, 11) is 1.63. The van der Waals surface area contributed by atoms with Crippen molar-refractivity contribution in [1.82, 2.24) is 25.1 Å². The summed E-state index contributed by atoms with van der Waals surface area (Å²) in [6.07, 6.45) is 3.43. The minimum absolute atomic E-state index is 0.0526. The highest BCUT2D eigenvalue weighted by Crippen LogP contribution is 2.28. The third-order valence-electron chi connectivity index (χ3n) is 4.27. The Balaban J connectivity index is 1.56. The van der Waals surface area contributed by atoms with Gasteiger partial charge in [0.05, 0.1) is 19.4 Å². The Morgan fingerprint density at radius 3 is 2.63 bits per heavy atom. The van der Waals surface area contributed by atoms with E-state index in [0.717, 1.165) is 21.9 Å². The van der Waals surface area contributed by atoms with Gasteiger partial charge in [0.1, 0.15) is 5.75 Å². The molecule has 0 fully saturated rings. The molecule has 3 aromatic heterocycles. The van der Waals surface area contributed by atoms with E-state index in [-0.39, 0.29) is 11.7 Å². The molecule has 7 nitrogen and oxygen atoms in total. The number of methoxy groups -OCH3 is 1. The van der Waals surface area contributed by atoms with Gasteiger partial charge in [0.2, 0.25) is 5.91 Å². The molecule has 3 heterocycles. The van der Waals surface area contributed by atoms with Crippen LogP contribution in [0.15, 0.2) is 71.5 Å². The molecule has 0 saturated carbocycles. The Labute approximate surface area is 182 Å². The summed E-state index contributed by atoms with van der Waals surface area (Å²) in [5, 5.41) is 14.3. The molecule has 0 spiro atoms. The number of carbonyl (C=O) groups is 1. The van der Waals surface area contributed by atoms with Crippen LogP contribution in [0.25, 0.3) is 17.1 Å². The van der Waals surface area contributed by atoms with Crippen molar-refractivity contribution in [2.24, 2.45) is 0 Å². The second-order valence-electron chi connectivity index (χ2n) is 6.22. The predicted octanol–water partition coefficient (Wildman–Crippen LogP) is 3.81. The number of pyridine rings is 1. The average Bonchev–Trinajstić information content (AvgIpc) is 3.47. The van der Waals surface area contributed by atoms with Crippen LogP contribution in [-0.4, -0.2) is 38.5 Å². The van der Waals surface area contributed by atoms with Gasteiger partial charge in [0, 0.05) is 28.5 Å². The molecule has 0 aliphatic carbocycles. The molecule has 0 unspecified atom stereocenters. The van der Waals surface area contributed by atoms with Gasteiger partial charge in [0.25, 0.3) is 0 Å². The standard InChI is InChI=1S/C21H19N5O2S2/c1-28-17-6-4-16(5-7-17)26-20(15-8-10-22-11-9-15)24-25-21(26)30-14-19(27)23-13-18-3-2-12-29-18/h2-12H,13-14H2,1H3,(H,23,27). The zero-order valence-electron chi connectivity index (χ0n) is 16.2. The number of thiophene rings is 1. The molecule has 0 radical (unpaired) electrons. The number of aromatic nitrogens is 4. The van der Waals surface area contributed by atoms with Crippen molar-refractivity contribution >= 4 is 29.0 Å². The van der Waals surface area contributed by atoms with Crippen molar-refractivity contribution in [1.29, 1.82) is 0 Å². The minimum Gasteiger partial charge on any atom is -0.497 e. The average molecular weight is 438 g/mol. The molecule has 4 rings (SSSR count). The first-order valence-electron chi connectivity index (χ1n) is 9.16. The number of hydrogen-bond acceptors (Lipinski definition) is 7. The van der Waals surface area contributed by atoms with E-state index in [1.54, 1.807) is 30.8 Å². The molecule has 0 saturated heterocycles. The quantitative estimate of drug-likeness (QED) is 0.422. The number of hydrogen-bond donors (Lipinski definition) is 1. The molecule has 1 amide bonds. The minimum atomic E-state index is -0.0526. The van der Waals surface area contributed by atoms with Crippen LogP contribution in [0, 0.1) is 0 Å². The zero-order chi connectivity index (χ0) is 20.8. The number of benzene rings is 1. The van der Waals surface area contributed by atoms with Gasteiger partial charge >= 0.3 is 0 Å². The maximum Gasteiger partial charge on any atom is 0.230 e. The fraction of sp³-hybridized carbons (Fsp3) is 0.143. The Morgan fingerprint density at radius 1 is 1.13 bits per heavy atom. The summed E-state index contributed by atoms with van der Waals surface area (Å²) >= 11 is 2.97. The van der Waals surface area contributed by atoms with E-state index in [1.165, 1.54) is 11.8 Å². The lowest BCUT2D eigenvalue weighted by atomic mass is 10.2. The molecule has 0 bridgehead atoms. The van der Waals surface area contributed by atoms with Crippen LogP contribution >= 0.6 is 23.1 Å². The first-order chi connectivity index (χ1) is 14.7. The lowest BCUT2D eigenvalue weighted by Gasteiger charge is -2.11. The Morgan fingerprint density at radius 2 is 1.93 bits per heavy atom. The summed E-state index contributed by atoms with van der Waals surface area (Å²) in [5.41, 5.74) is 1.77. The van der Waals surface area contributed by atoms with Crippen LogP contribution < -0.4 is 10.1 Å². The van der Waals surface area contributed by atoms with E-state index < -0.39 is 0 Å². The van der Waals surface area contributed by atoms with Crippen LogP contribution in [0.1, 0.15) is 4.88 Å².